The number of hydrogen-bond acceptors (Lipinski definition) is 3. The molecule has 0 saturated heterocycles. The molecule has 106 valence electrons. The summed E-state index contributed by atoms with van der Waals surface area (Å²) < 4.78 is 1.18. The van der Waals surface area contributed by atoms with Crippen molar-refractivity contribution in [2.75, 3.05) is 14.1 Å². The number of para-hydroxylation sites is 1. The Kier molecular flexibility index (Phi) is 3.71. The predicted octanol–water partition coefficient (Wildman–Crippen LogP) is 3.59. The van der Waals surface area contributed by atoms with E-state index in [2.05, 4.69) is 17.1 Å². The maximum atomic E-state index is 11.8. The lowest BCUT2D eigenvalue weighted by molar-refractivity contribution is -0.127. The average molecular weight is 296 g/mol. The molecule has 0 saturated carbocycles. The van der Waals surface area contributed by atoms with Crippen molar-refractivity contribution < 1.29 is 4.79 Å². The molecule has 0 radical (unpaired) electrons. The third-order valence-electron chi connectivity index (χ3n) is 3.32. The lowest BCUT2D eigenvalue weighted by Gasteiger charge is -2.10. The Bertz CT molecular complexity index is 759. The molecule has 3 rings (SSSR count). The molecule has 0 aliphatic heterocycles. The number of likely N-dealkylation sites (N-methyl/N-ethyl adjacent to an activating group) is 1. The molecule has 0 bridgehead atoms. The molecule has 4 heteroatoms. The molecule has 0 aliphatic carbocycles. The topological polar surface area (TPSA) is 33.2 Å². The Labute approximate surface area is 127 Å². The van der Waals surface area contributed by atoms with E-state index in [1.165, 1.54) is 4.70 Å². The van der Waals surface area contributed by atoms with E-state index in [-0.39, 0.29) is 5.91 Å². The molecule has 1 amide bonds. The number of fused-ring (bicyclic) bond motifs is 1. The summed E-state index contributed by atoms with van der Waals surface area (Å²) in [5, 5.41) is 0.996. The highest BCUT2D eigenvalue weighted by atomic mass is 32.1. The summed E-state index contributed by atoms with van der Waals surface area (Å²) in [6, 6.07) is 16.2. The van der Waals surface area contributed by atoms with Crippen molar-refractivity contribution in [1.29, 1.82) is 0 Å². The smallest absolute Gasteiger partial charge is 0.226 e. The summed E-state index contributed by atoms with van der Waals surface area (Å²) in [7, 11) is 3.56. The minimum absolute atomic E-state index is 0.108. The standard InChI is InChI=1S/C17H16N2OS/c1-19(2)16(20)11-12-6-5-7-13(10-12)17-18-14-8-3-4-9-15(14)21-17/h3-10H,11H2,1-2H3. The number of carbonyl (C=O) groups excluding carboxylic acids is 1. The number of aromatic nitrogens is 1. The highest BCUT2D eigenvalue weighted by Crippen LogP contribution is 2.30. The summed E-state index contributed by atoms with van der Waals surface area (Å²) in [5.41, 5.74) is 3.11. The molecule has 0 fully saturated rings. The molecule has 2 aromatic carbocycles. The maximum Gasteiger partial charge on any atom is 0.226 e. The quantitative estimate of drug-likeness (QED) is 0.740. The van der Waals surface area contributed by atoms with Gasteiger partial charge in [0.2, 0.25) is 5.91 Å². The van der Waals surface area contributed by atoms with Crippen LogP contribution in [0.3, 0.4) is 0 Å². The maximum absolute atomic E-state index is 11.8. The molecule has 0 unspecified atom stereocenters. The summed E-state index contributed by atoms with van der Waals surface area (Å²) in [6.07, 6.45) is 0.422. The van der Waals surface area contributed by atoms with E-state index in [1.54, 1.807) is 30.3 Å². The van der Waals surface area contributed by atoms with Crippen molar-refractivity contribution in [3.8, 4) is 10.6 Å². The third-order valence-corrected chi connectivity index (χ3v) is 4.41. The van der Waals surface area contributed by atoms with Crippen LogP contribution in [0.1, 0.15) is 5.56 Å². The van der Waals surface area contributed by atoms with Crippen LogP contribution in [-0.4, -0.2) is 29.9 Å². The van der Waals surface area contributed by atoms with Gasteiger partial charge in [-0.1, -0.05) is 30.3 Å². The first-order valence-corrected chi connectivity index (χ1v) is 7.60. The average Bonchev–Trinajstić information content (AvgIpc) is 2.91. The van der Waals surface area contributed by atoms with Crippen LogP contribution in [0.2, 0.25) is 0 Å². The van der Waals surface area contributed by atoms with E-state index in [0.29, 0.717) is 6.42 Å². The van der Waals surface area contributed by atoms with Gasteiger partial charge in [0, 0.05) is 19.7 Å². The van der Waals surface area contributed by atoms with E-state index in [0.717, 1.165) is 21.7 Å². The molecule has 21 heavy (non-hydrogen) atoms. The van der Waals surface area contributed by atoms with Crippen molar-refractivity contribution in [1.82, 2.24) is 9.88 Å². The number of hydrogen-bond donors (Lipinski definition) is 0. The minimum atomic E-state index is 0.108. The number of carbonyl (C=O) groups is 1. The SMILES string of the molecule is CN(C)C(=O)Cc1cccc(-c2nc3ccccc3s2)c1. The molecule has 0 aliphatic rings. The van der Waals surface area contributed by atoms with Gasteiger partial charge in [-0.3, -0.25) is 4.79 Å². The van der Waals surface area contributed by atoms with Gasteiger partial charge in [-0.05, 0) is 23.8 Å². The molecule has 1 heterocycles. The fraction of sp³-hybridized carbons (Fsp3) is 0.176. The fourth-order valence-corrected chi connectivity index (χ4v) is 3.10. The fourth-order valence-electron chi connectivity index (χ4n) is 2.14. The second-order valence-corrected chi connectivity index (χ2v) is 6.18. The number of amides is 1. The highest BCUT2D eigenvalue weighted by molar-refractivity contribution is 7.21. The van der Waals surface area contributed by atoms with Gasteiger partial charge in [0.1, 0.15) is 5.01 Å². The summed E-state index contributed by atoms with van der Waals surface area (Å²) in [4.78, 5) is 18.1. The zero-order valence-corrected chi connectivity index (χ0v) is 12.9. The van der Waals surface area contributed by atoms with Crippen LogP contribution < -0.4 is 0 Å². The Morgan fingerprint density at radius 1 is 1.14 bits per heavy atom. The van der Waals surface area contributed by atoms with Gasteiger partial charge >= 0.3 is 0 Å². The van der Waals surface area contributed by atoms with Crippen LogP contribution in [0.4, 0.5) is 0 Å². The molecule has 3 nitrogen and oxygen atoms in total. The first-order chi connectivity index (χ1) is 10.1. The van der Waals surface area contributed by atoms with Crippen LogP contribution in [0.5, 0.6) is 0 Å². The van der Waals surface area contributed by atoms with Gasteiger partial charge in [0.25, 0.3) is 0 Å². The molecule has 3 aromatic rings. The Hall–Kier alpha value is -2.20. The zero-order valence-electron chi connectivity index (χ0n) is 12.0. The van der Waals surface area contributed by atoms with Gasteiger partial charge in [-0.25, -0.2) is 4.98 Å². The lowest BCUT2D eigenvalue weighted by Crippen LogP contribution is -2.23. The van der Waals surface area contributed by atoms with Gasteiger partial charge in [0.15, 0.2) is 0 Å². The van der Waals surface area contributed by atoms with Gasteiger partial charge in [0.05, 0.1) is 16.6 Å². The number of rotatable bonds is 3. The molecule has 0 spiro atoms. The van der Waals surface area contributed by atoms with Gasteiger partial charge in [-0.2, -0.15) is 0 Å². The van der Waals surface area contributed by atoms with Crippen LogP contribution in [0, 0.1) is 0 Å². The van der Waals surface area contributed by atoms with Crippen molar-refractivity contribution in [3.63, 3.8) is 0 Å². The summed E-state index contributed by atoms with van der Waals surface area (Å²) in [5.74, 6) is 0.108. The van der Waals surface area contributed by atoms with Gasteiger partial charge in [-0.15, -0.1) is 11.3 Å². The normalized spacial score (nSPS) is 10.8. The van der Waals surface area contributed by atoms with Crippen LogP contribution in [-0.2, 0) is 11.2 Å². The van der Waals surface area contributed by atoms with Crippen LogP contribution >= 0.6 is 11.3 Å². The Balaban J connectivity index is 1.93. The zero-order chi connectivity index (χ0) is 14.8. The van der Waals surface area contributed by atoms with E-state index in [1.807, 2.05) is 36.4 Å². The Morgan fingerprint density at radius 2 is 1.95 bits per heavy atom. The van der Waals surface area contributed by atoms with Crippen molar-refractivity contribution in [3.05, 3.63) is 54.1 Å². The Morgan fingerprint density at radius 3 is 2.71 bits per heavy atom. The van der Waals surface area contributed by atoms with Crippen molar-refractivity contribution in [2.45, 2.75) is 6.42 Å². The molecule has 1 aromatic heterocycles. The first kappa shape index (κ1) is 13.8. The van der Waals surface area contributed by atoms with E-state index in [9.17, 15) is 4.79 Å². The molecule has 0 N–H and O–H groups in total. The number of nitrogens with zero attached hydrogens (tertiary/aromatic N) is 2. The van der Waals surface area contributed by atoms with E-state index in [4.69, 9.17) is 0 Å². The monoisotopic (exact) mass is 296 g/mol. The van der Waals surface area contributed by atoms with Crippen LogP contribution in [0.25, 0.3) is 20.8 Å². The number of thiazole rings is 1. The first-order valence-electron chi connectivity index (χ1n) is 6.78. The largest absolute Gasteiger partial charge is 0.349 e. The number of benzene rings is 2. The third kappa shape index (κ3) is 2.95. The van der Waals surface area contributed by atoms with Gasteiger partial charge < -0.3 is 4.90 Å². The highest BCUT2D eigenvalue weighted by Gasteiger charge is 2.09. The minimum Gasteiger partial charge on any atom is -0.349 e. The van der Waals surface area contributed by atoms with E-state index < -0.39 is 0 Å². The van der Waals surface area contributed by atoms with E-state index >= 15 is 0 Å². The predicted molar refractivity (Wildman–Crippen MR) is 87.5 cm³/mol. The second-order valence-electron chi connectivity index (χ2n) is 5.15. The summed E-state index contributed by atoms with van der Waals surface area (Å²) >= 11 is 1.68. The molecular weight excluding hydrogens is 280 g/mol. The summed E-state index contributed by atoms with van der Waals surface area (Å²) in [6.45, 7) is 0. The second kappa shape index (κ2) is 5.66. The molecule has 0 atom stereocenters. The van der Waals surface area contributed by atoms with Crippen LogP contribution in [0.15, 0.2) is 48.5 Å². The van der Waals surface area contributed by atoms with Crippen molar-refractivity contribution in [2.24, 2.45) is 0 Å². The lowest BCUT2D eigenvalue weighted by atomic mass is 10.1. The molecular formula is C17H16N2OS. The van der Waals surface area contributed by atoms with Crippen molar-refractivity contribution >= 4 is 27.5 Å².